The molecule has 1 aromatic carbocycles. The van der Waals surface area contributed by atoms with Crippen LogP contribution in [0.4, 0.5) is 10.1 Å². The summed E-state index contributed by atoms with van der Waals surface area (Å²) in [4.78, 5) is 12.2. The van der Waals surface area contributed by atoms with Crippen molar-refractivity contribution >= 4 is 11.6 Å². The molecule has 0 aliphatic carbocycles. The first-order chi connectivity index (χ1) is 8.51. The van der Waals surface area contributed by atoms with Gasteiger partial charge in [0, 0.05) is 6.54 Å². The van der Waals surface area contributed by atoms with Crippen molar-refractivity contribution in [3.05, 3.63) is 29.6 Å². The molecule has 1 aliphatic heterocycles. The molecule has 0 spiro atoms. The number of amides is 1. The zero-order valence-corrected chi connectivity index (χ0v) is 10.8. The molecule has 1 unspecified atom stereocenters. The molecule has 1 heterocycles. The normalized spacial score (nSPS) is 23.7. The van der Waals surface area contributed by atoms with Gasteiger partial charge in [0.05, 0.1) is 11.1 Å². The van der Waals surface area contributed by atoms with E-state index in [-0.39, 0.29) is 17.4 Å². The fourth-order valence-corrected chi connectivity index (χ4v) is 2.24. The van der Waals surface area contributed by atoms with E-state index in [0.717, 1.165) is 24.9 Å². The lowest BCUT2D eigenvalue weighted by Gasteiger charge is -2.32. The van der Waals surface area contributed by atoms with Crippen molar-refractivity contribution in [2.45, 2.75) is 26.7 Å². The molecule has 18 heavy (non-hydrogen) atoms. The summed E-state index contributed by atoms with van der Waals surface area (Å²) in [5.74, 6) is -0.492. The summed E-state index contributed by atoms with van der Waals surface area (Å²) in [7, 11) is 0. The van der Waals surface area contributed by atoms with Gasteiger partial charge in [0.25, 0.3) is 0 Å². The number of carbonyl (C=O) groups excluding carboxylic acids is 1. The Hall–Kier alpha value is -1.42. The molecule has 4 heteroatoms. The summed E-state index contributed by atoms with van der Waals surface area (Å²) in [5, 5.41) is 5.90. The number of piperidine rings is 1. The van der Waals surface area contributed by atoms with Crippen LogP contribution in [-0.2, 0) is 4.79 Å². The van der Waals surface area contributed by atoms with Gasteiger partial charge in [0.15, 0.2) is 0 Å². The number of aryl methyl sites for hydroxylation is 1. The summed E-state index contributed by atoms with van der Waals surface area (Å²) in [6.07, 6.45) is 1.81. The predicted octanol–water partition coefficient (Wildman–Crippen LogP) is 2.46. The van der Waals surface area contributed by atoms with Gasteiger partial charge < -0.3 is 10.6 Å². The van der Waals surface area contributed by atoms with E-state index < -0.39 is 5.41 Å². The Morgan fingerprint density at radius 1 is 1.50 bits per heavy atom. The standard InChI is InChI=1S/C14H19FN2O/c1-10-4-5-12(11(15)8-10)17-13(18)14(2)6-3-7-16-9-14/h4-5,8,16H,3,6-7,9H2,1-2H3,(H,17,18). The van der Waals surface area contributed by atoms with Gasteiger partial charge in [-0.05, 0) is 50.9 Å². The second-order valence-corrected chi connectivity index (χ2v) is 5.28. The second-order valence-electron chi connectivity index (χ2n) is 5.28. The maximum atomic E-state index is 13.7. The fraction of sp³-hybridized carbons (Fsp3) is 0.500. The maximum absolute atomic E-state index is 13.7. The molecular weight excluding hydrogens is 231 g/mol. The van der Waals surface area contributed by atoms with E-state index in [4.69, 9.17) is 0 Å². The van der Waals surface area contributed by atoms with E-state index in [2.05, 4.69) is 10.6 Å². The minimum atomic E-state index is -0.449. The van der Waals surface area contributed by atoms with E-state index >= 15 is 0 Å². The number of benzene rings is 1. The minimum Gasteiger partial charge on any atom is -0.323 e. The predicted molar refractivity (Wildman–Crippen MR) is 70.0 cm³/mol. The van der Waals surface area contributed by atoms with E-state index in [9.17, 15) is 9.18 Å². The van der Waals surface area contributed by atoms with Crippen LogP contribution in [0.1, 0.15) is 25.3 Å². The molecule has 3 nitrogen and oxygen atoms in total. The Kier molecular flexibility index (Phi) is 3.66. The fourth-order valence-electron chi connectivity index (χ4n) is 2.24. The number of halogens is 1. The summed E-state index contributed by atoms with van der Waals surface area (Å²) in [6, 6.07) is 4.83. The molecule has 1 atom stereocenters. The molecule has 1 saturated heterocycles. The molecule has 1 amide bonds. The van der Waals surface area contributed by atoms with Crippen LogP contribution in [0.15, 0.2) is 18.2 Å². The average molecular weight is 250 g/mol. The zero-order chi connectivity index (χ0) is 13.2. The van der Waals surface area contributed by atoms with Gasteiger partial charge in [0.2, 0.25) is 5.91 Å². The summed E-state index contributed by atoms with van der Waals surface area (Å²) in [6.45, 7) is 5.33. The van der Waals surface area contributed by atoms with Crippen LogP contribution < -0.4 is 10.6 Å². The number of carbonyl (C=O) groups is 1. The maximum Gasteiger partial charge on any atom is 0.231 e. The quantitative estimate of drug-likeness (QED) is 0.846. The van der Waals surface area contributed by atoms with Crippen molar-refractivity contribution in [3.63, 3.8) is 0 Å². The van der Waals surface area contributed by atoms with Gasteiger partial charge in [0.1, 0.15) is 5.82 Å². The molecule has 98 valence electrons. The van der Waals surface area contributed by atoms with Gasteiger partial charge in [-0.15, -0.1) is 0 Å². The zero-order valence-electron chi connectivity index (χ0n) is 10.8. The second kappa shape index (κ2) is 5.06. The molecule has 2 rings (SSSR count). The van der Waals surface area contributed by atoms with Crippen LogP contribution in [0.5, 0.6) is 0 Å². The van der Waals surface area contributed by atoms with E-state index in [0.29, 0.717) is 6.54 Å². The van der Waals surface area contributed by atoms with Crippen LogP contribution in [0.2, 0.25) is 0 Å². The lowest BCUT2D eigenvalue weighted by Crippen LogP contribution is -2.46. The lowest BCUT2D eigenvalue weighted by atomic mass is 9.82. The third kappa shape index (κ3) is 2.70. The first kappa shape index (κ1) is 13.0. The monoisotopic (exact) mass is 250 g/mol. The summed E-state index contributed by atoms with van der Waals surface area (Å²) in [5.41, 5.74) is 0.656. The van der Waals surface area contributed by atoms with Crippen LogP contribution in [-0.4, -0.2) is 19.0 Å². The molecule has 0 bridgehead atoms. The molecule has 1 aliphatic rings. The first-order valence-electron chi connectivity index (χ1n) is 6.30. The molecule has 0 saturated carbocycles. The first-order valence-corrected chi connectivity index (χ1v) is 6.30. The van der Waals surface area contributed by atoms with Crippen LogP contribution in [0.3, 0.4) is 0 Å². The molecular formula is C14H19FN2O. The highest BCUT2D eigenvalue weighted by molar-refractivity contribution is 5.95. The van der Waals surface area contributed by atoms with E-state index in [1.165, 1.54) is 6.07 Å². The van der Waals surface area contributed by atoms with Crippen molar-refractivity contribution in [1.82, 2.24) is 5.32 Å². The number of rotatable bonds is 2. The number of hydrogen-bond acceptors (Lipinski definition) is 2. The van der Waals surface area contributed by atoms with Crippen molar-refractivity contribution in [3.8, 4) is 0 Å². The highest BCUT2D eigenvalue weighted by Gasteiger charge is 2.34. The Balaban J connectivity index is 2.11. The van der Waals surface area contributed by atoms with Gasteiger partial charge in [-0.25, -0.2) is 4.39 Å². The number of nitrogens with one attached hydrogen (secondary N) is 2. The van der Waals surface area contributed by atoms with E-state index in [1.54, 1.807) is 12.1 Å². The Bertz CT molecular complexity index is 453. The van der Waals surface area contributed by atoms with Crippen molar-refractivity contribution < 1.29 is 9.18 Å². The van der Waals surface area contributed by atoms with Crippen molar-refractivity contribution in [1.29, 1.82) is 0 Å². The highest BCUT2D eigenvalue weighted by atomic mass is 19.1. The number of hydrogen-bond donors (Lipinski definition) is 2. The largest absolute Gasteiger partial charge is 0.323 e. The highest BCUT2D eigenvalue weighted by Crippen LogP contribution is 2.27. The third-order valence-electron chi connectivity index (χ3n) is 3.52. The molecule has 0 radical (unpaired) electrons. The lowest BCUT2D eigenvalue weighted by molar-refractivity contribution is -0.125. The molecule has 1 fully saturated rings. The average Bonchev–Trinajstić information content (AvgIpc) is 2.33. The van der Waals surface area contributed by atoms with Crippen LogP contribution >= 0.6 is 0 Å². The van der Waals surface area contributed by atoms with Gasteiger partial charge >= 0.3 is 0 Å². The Morgan fingerprint density at radius 2 is 2.28 bits per heavy atom. The summed E-state index contributed by atoms with van der Waals surface area (Å²) >= 11 is 0. The molecule has 0 aromatic heterocycles. The molecule has 1 aromatic rings. The Morgan fingerprint density at radius 3 is 2.89 bits per heavy atom. The SMILES string of the molecule is Cc1ccc(NC(=O)C2(C)CCCNC2)c(F)c1. The summed E-state index contributed by atoms with van der Waals surface area (Å²) < 4.78 is 13.7. The van der Waals surface area contributed by atoms with Crippen molar-refractivity contribution in [2.75, 3.05) is 18.4 Å². The Labute approximate surface area is 107 Å². The molecule has 2 N–H and O–H groups in total. The van der Waals surface area contributed by atoms with E-state index in [1.807, 2.05) is 13.8 Å². The van der Waals surface area contributed by atoms with Crippen LogP contribution in [0, 0.1) is 18.2 Å². The van der Waals surface area contributed by atoms with Gasteiger partial charge in [-0.3, -0.25) is 4.79 Å². The van der Waals surface area contributed by atoms with Gasteiger partial charge in [-0.1, -0.05) is 6.07 Å². The van der Waals surface area contributed by atoms with Crippen molar-refractivity contribution in [2.24, 2.45) is 5.41 Å². The van der Waals surface area contributed by atoms with Crippen LogP contribution in [0.25, 0.3) is 0 Å². The number of anilines is 1. The minimum absolute atomic E-state index is 0.113. The smallest absolute Gasteiger partial charge is 0.231 e. The van der Waals surface area contributed by atoms with Gasteiger partial charge in [-0.2, -0.15) is 0 Å². The third-order valence-corrected chi connectivity index (χ3v) is 3.52. The topological polar surface area (TPSA) is 41.1 Å².